The highest BCUT2D eigenvalue weighted by Crippen LogP contribution is 2.29. The number of fused-ring (bicyclic) bond motifs is 2. The zero-order valence-corrected chi connectivity index (χ0v) is 13.1. The van der Waals surface area contributed by atoms with Gasteiger partial charge in [-0.2, -0.15) is 0 Å². The molecule has 0 aliphatic rings. The zero-order valence-electron chi connectivity index (χ0n) is 13.1. The molecular formula is C20H13FN4. The third-order valence-electron chi connectivity index (χ3n) is 4.25. The summed E-state index contributed by atoms with van der Waals surface area (Å²) in [6, 6.07) is 20.5. The Balaban J connectivity index is 1.78. The lowest BCUT2D eigenvalue weighted by molar-refractivity contribution is 0.629. The fourth-order valence-electron chi connectivity index (χ4n) is 3.10. The molecule has 0 unspecified atom stereocenters. The Hall–Kier alpha value is -3.47. The van der Waals surface area contributed by atoms with E-state index in [0.29, 0.717) is 11.3 Å². The summed E-state index contributed by atoms with van der Waals surface area (Å²) in [5.74, 6) is 1.19. The van der Waals surface area contributed by atoms with Gasteiger partial charge in [0, 0.05) is 11.8 Å². The number of imidazole rings is 2. The first-order valence-electron chi connectivity index (χ1n) is 7.98. The maximum Gasteiger partial charge on any atom is 0.159 e. The van der Waals surface area contributed by atoms with Crippen LogP contribution < -0.4 is 0 Å². The maximum absolute atomic E-state index is 13.5. The molecule has 5 aromatic rings. The molecule has 120 valence electrons. The molecule has 0 saturated heterocycles. The molecule has 5 rings (SSSR count). The minimum atomic E-state index is -0.289. The van der Waals surface area contributed by atoms with E-state index in [1.165, 1.54) is 12.1 Å². The number of aromatic amines is 1. The summed E-state index contributed by atoms with van der Waals surface area (Å²) in [5.41, 5.74) is 4.09. The number of benzene rings is 2. The summed E-state index contributed by atoms with van der Waals surface area (Å²) in [5, 5.41) is 0. The van der Waals surface area contributed by atoms with Crippen LogP contribution in [0.4, 0.5) is 4.39 Å². The van der Waals surface area contributed by atoms with Crippen LogP contribution in [0.1, 0.15) is 0 Å². The number of H-pyrrole nitrogens is 1. The lowest BCUT2D eigenvalue weighted by Gasteiger charge is -1.99. The van der Waals surface area contributed by atoms with Crippen molar-refractivity contribution in [3.05, 3.63) is 78.7 Å². The van der Waals surface area contributed by atoms with Crippen molar-refractivity contribution in [3.63, 3.8) is 0 Å². The minimum Gasteiger partial charge on any atom is -0.336 e. The highest BCUT2D eigenvalue weighted by molar-refractivity contribution is 5.84. The van der Waals surface area contributed by atoms with Crippen molar-refractivity contribution in [1.82, 2.24) is 19.4 Å². The van der Waals surface area contributed by atoms with Crippen molar-refractivity contribution in [2.75, 3.05) is 0 Å². The van der Waals surface area contributed by atoms with Gasteiger partial charge in [-0.25, -0.2) is 14.4 Å². The van der Waals surface area contributed by atoms with E-state index in [2.05, 4.69) is 9.97 Å². The fraction of sp³-hybridized carbons (Fsp3) is 0. The number of nitrogens with one attached hydrogen (secondary N) is 1. The number of aromatic nitrogens is 4. The number of hydrogen-bond acceptors (Lipinski definition) is 2. The second-order valence-electron chi connectivity index (χ2n) is 5.85. The Morgan fingerprint density at radius 1 is 0.880 bits per heavy atom. The topological polar surface area (TPSA) is 46.0 Å². The van der Waals surface area contributed by atoms with E-state index < -0.39 is 0 Å². The van der Waals surface area contributed by atoms with Crippen LogP contribution in [0.15, 0.2) is 72.9 Å². The average molecular weight is 328 g/mol. The molecule has 0 bridgehead atoms. The highest BCUT2D eigenvalue weighted by atomic mass is 19.1. The molecule has 2 aromatic carbocycles. The molecule has 4 nitrogen and oxygen atoms in total. The van der Waals surface area contributed by atoms with Crippen LogP contribution in [0.3, 0.4) is 0 Å². The summed E-state index contributed by atoms with van der Waals surface area (Å²) in [7, 11) is 0. The van der Waals surface area contributed by atoms with Crippen LogP contribution in [0.5, 0.6) is 0 Å². The molecule has 25 heavy (non-hydrogen) atoms. The van der Waals surface area contributed by atoms with E-state index >= 15 is 0 Å². The Bertz CT molecular complexity index is 1200. The van der Waals surface area contributed by atoms with Gasteiger partial charge in [-0.15, -0.1) is 0 Å². The fourth-order valence-corrected chi connectivity index (χ4v) is 3.10. The lowest BCUT2D eigenvalue weighted by Crippen LogP contribution is -1.87. The summed E-state index contributed by atoms with van der Waals surface area (Å²) in [6.07, 6.45) is 1.98. The van der Waals surface area contributed by atoms with Crippen molar-refractivity contribution in [1.29, 1.82) is 0 Å². The van der Waals surface area contributed by atoms with Crippen molar-refractivity contribution in [2.45, 2.75) is 0 Å². The van der Waals surface area contributed by atoms with E-state index in [4.69, 9.17) is 4.98 Å². The largest absolute Gasteiger partial charge is 0.336 e. The third kappa shape index (κ3) is 2.21. The minimum absolute atomic E-state index is 0.289. The van der Waals surface area contributed by atoms with Crippen LogP contribution in [0, 0.1) is 5.82 Å². The molecule has 1 N–H and O–H groups in total. The van der Waals surface area contributed by atoms with Crippen LogP contribution in [0.25, 0.3) is 39.5 Å². The van der Waals surface area contributed by atoms with E-state index in [1.54, 1.807) is 6.07 Å². The number of rotatable bonds is 2. The second-order valence-corrected chi connectivity index (χ2v) is 5.85. The number of halogens is 1. The molecule has 0 aliphatic heterocycles. The monoisotopic (exact) mass is 328 g/mol. The SMILES string of the molecule is Fc1ccc2nc(-c3nc(-c4ccccc4)n4ccccc34)[nH]c2c1. The Labute approximate surface area is 142 Å². The molecule has 0 saturated carbocycles. The van der Waals surface area contributed by atoms with Crippen molar-refractivity contribution in [2.24, 2.45) is 0 Å². The molecular weight excluding hydrogens is 315 g/mol. The standard InChI is InChI=1S/C20H13FN4/c21-14-9-10-15-16(12-14)23-19(22-15)18-17-8-4-5-11-25(17)20(24-18)13-6-2-1-3-7-13/h1-12H,(H,22,23). The predicted molar refractivity (Wildman–Crippen MR) is 95.7 cm³/mol. The van der Waals surface area contributed by atoms with E-state index in [9.17, 15) is 4.39 Å². The molecule has 0 aliphatic carbocycles. The Kier molecular flexibility index (Phi) is 2.94. The van der Waals surface area contributed by atoms with E-state index in [0.717, 1.165) is 28.1 Å². The molecule has 5 heteroatoms. The van der Waals surface area contributed by atoms with Gasteiger partial charge < -0.3 is 4.98 Å². The smallest absolute Gasteiger partial charge is 0.159 e. The lowest BCUT2D eigenvalue weighted by atomic mass is 10.2. The van der Waals surface area contributed by atoms with Gasteiger partial charge in [0.15, 0.2) is 5.82 Å². The van der Waals surface area contributed by atoms with Crippen molar-refractivity contribution in [3.8, 4) is 22.9 Å². The first-order valence-corrected chi connectivity index (χ1v) is 7.98. The van der Waals surface area contributed by atoms with Gasteiger partial charge in [0.1, 0.15) is 17.3 Å². The van der Waals surface area contributed by atoms with Gasteiger partial charge in [0.2, 0.25) is 0 Å². The normalized spacial score (nSPS) is 11.4. The second kappa shape index (κ2) is 5.27. The van der Waals surface area contributed by atoms with Gasteiger partial charge in [-0.3, -0.25) is 4.40 Å². The molecule has 0 fully saturated rings. The summed E-state index contributed by atoms with van der Waals surface area (Å²) >= 11 is 0. The Morgan fingerprint density at radius 3 is 2.60 bits per heavy atom. The van der Waals surface area contributed by atoms with Gasteiger partial charge in [-0.1, -0.05) is 36.4 Å². The summed E-state index contributed by atoms with van der Waals surface area (Å²) in [4.78, 5) is 12.6. The number of pyridine rings is 1. The average Bonchev–Trinajstić information content (AvgIpc) is 3.23. The maximum atomic E-state index is 13.5. The van der Waals surface area contributed by atoms with Gasteiger partial charge in [0.05, 0.1) is 16.6 Å². The van der Waals surface area contributed by atoms with Crippen LogP contribution in [0.2, 0.25) is 0 Å². The molecule has 3 aromatic heterocycles. The van der Waals surface area contributed by atoms with Crippen LogP contribution in [-0.4, -0.2) is 19.4 Å². The molecule has 0 atom stereocenters. The third-order valence-corrected chi connectivity index (χ3v) is 4.25. The predicted octanol–water partition coefficient (Wildman–Crippen LogP) is 4.68. The summed E-state index contributed by atoms with van der Waals surface area (Å²) < 4.78 is 15.5. The van der Waals surface area contributed by atoms with Gasteiger partial charge >= 0.3 is 0 Å². The van der Waals surface area contributed by atoms with Gasteiger partial charge in [0.25, 0.3) is 0 Å². The zero-order chi connectivity index (χ0) is 16.8. The molecule has 0 radical (unpaired) electrons. The quantitative estimate of drug-likeness (QED) is 0.511. The summed E-state index contributed by atoms with van der Waals surface area (Å²) in [6.45, 7) is 0. The molecule has 0 amide bonds. The van der Waals surface area contributed by atoms with Crippen LogP contribution >= 0.6 is 0 Å². The van der Waals surface area contributed by atoms with Gasteiger partial charge in [-0.05, 0) is 30.3 Å². The van der Waals surface area contributed by atoms with Crippen molar-refractivity contribution >= 4 is 16.6 Å². The Morgan fingerprint density at radius 2 is 1.72 bits per heavy atom. The first-order chi connectivity index (χ1) is 12.3. The van der Waals surface area contributed by atoms with E-state index in [-0.39, 0.29) is 5.82 Å². The van der Waals surface area contributed by atoms with Crippen molar-refractivity contribution < 1.29 is 4.39 Å². The molecule has 0 spiro atoms. The van der Waals surface area contributed by atoms with E-state index in [1.807, 2.05) is 59.1 Å². The highest BCUT2D eigenvalue weighted by Gasteiger charge is 2.16. The number of hydrogen-bond donors (Lipinski definition) is 1. The molecule has 3 heterocycles. The number of nitrogens with zero attached hydrogens (tertiary/aromatic N) is 3. The van der Waals surface area contributed by atoms with Crippen LogP contribution in [-0.2, 0) is 0 Å². The first kappa shape index (κ1) is 13.9.